The van der Waals surface area contributed by atoms with E-state index in [2.05, 4.69) is 9.88 Å². The summed E-state index contributed by atoms with van der Waals surface area (Å²) in [5.74, 6) is 0.772. The molecule has 0 atom stereocenters. The summed E-state index contributed by atoms with van der Waals surface area (Å²) in [6, 6.07) is 12.5. The van der Waals surface area contributed by atoms with Gasteiger partial charge in [0.1, 0.15) is 11.9 Å². The molecule has 0 saturated carbocycles. The third-order valence-electron chi connectivity index (χ3n) is 4.31. The maximum atomic E-state index is 12.8. The Kier molecular flexibility index (Phi) is 5.02. The van der Waals surface area contributed by atoms with E-state index in [0.717, 1.165) is 24.3 Å². The van der Waals surface area contributed by atoms with E-state index in [9.17, 15) is 8.42 Å². The predicted octanol–water partition coefficient (Wildman–Crippen LogP) is 2.16. The summed E-state index contributed by atoms with van der Waals surface area (Å²) in [6.45, 7) is 4.15. The number of pyridine rings is 1. The van der Waals surface area contributed by atoms with E-state index in [-0.39, 0.29) is 0 Å². The van der Waals surface area contributed by atoms with E-state index in [1.54, 1.807) is 28.7 Å². The molecule has 0 amide bonds. The molecule has 0 unspecified atom stereocenters. The van der Waals surface area contributed by atoms with Crippen LogP contribution < -0.4 is 4.90 Å². The smallest absolute Gasteiger partial charge is 0.243 e. The molecule has 3 rings (SSSR count). The van der Waals surface area contributed by atoms with Crippen molar-refractivity contribution in [1.29, 1.82) is 5.26 Å². The number of hydrogen-bond donors (Lipinski definition) is 0. The van der Waals surface area contributed by atoms with Crippen molar-refractivity contribution in [2.45, 2.75) is 18.2 Å². The lowest BCUT2D eigenvalue weighted by Crippen LogP contribution is -2.35. The summed E-state index contributed by atoms with van der Waals surface area (Å²) in [4.78, 5) is 6.70. The zero-order valence-corrected chi connectivity index (χ0v) is 14.9. The standard InChI is InChI=1S/C18H20N4O2S/c1-15-3-6-17(7-4-15)25(23,24)22-10-2-9-21(11-12-22)18-8-5-16(13-19)14-20-18/h3-8,14H,2,9-12H2,1H3. The summed E-state index contributed by atoms with van der Waals surface area (Å²) >= 11 is 0. The molecule has 6 nitrogen and oxygen atoms in total. The molecule has 130 valence electrons. The van der Waals surface area contributed by atoms with Crippen LogP contribution in [0.1, 0.15) is 17.5 Å². The number of benzene rings is 1. The van der Waals surface area contributed by atoms with Crippen molar-refractivity contribution in [3.8, 4) is 6.07 Å². The molecule has 0 spiro atoms. The van der Waals surface area contributed by atoms with Crippen LogP contribution in [-0.2, 0) is 10.0 Å². The van der Waals surface area contributed by atoms with Crippen LogP contribution in [0, 0.1) is 18.3 Å². The van der Waals surface area contributed by atoms with Crippen molar-refractivity contribution in [1.82, 2.24) is 9.29 Å². The Morgan fingerprint density at radius 2 is 1.80 bits per heavy atom. The molecule has 0 aliphatic carbocycles. The number of rotatable bonds is 3. The third-order valence-corrected chi connectivity index (χ3v) is 6.23. The minimum absolute atomic E-state index is 0.336. The Balaban J connectivity index is 1.74. The highest BCUT2D eigenvalue weighted by atomic mass is 32.2. The molecule has 1 saturated heterocycles. The maximum Gasteiger partial charge on any atom is 0.243 e. The first-order valence-corrected chi connectivity index (χ1v) is 9.62. The molecule has 25 heavy (non-hydrogen) atoms. The molecular formula is C18H20N4O2S. The van der Waals surface area contributed by atoms with E-state index in [1.165, 1.54) is 0 Å². The Morgan fingerprint density at radius 3 is 2.44 bits per heavy atom. The normalized spacial score (nSPS) is 16.2. The van der Waals surface area contributed by atoms with Gasteiger partial charge in [0.15, 0.2) is 0 Å². The van der Waals surface area contributed by atoms with Crippen molar-refractivity contribution >= 4 is 15.8 Å². The molecular weight excluding hydrogens is 336 g/mol. The number of aryl methyl sites for hydroxylation is 1. The monoisotopic (exact) mass is 356 g/mol. The molecule has 2 heterocycles. The molecule has 1 aliphatic rings. The number of nitriles is 1. The van der Waals surface area contributed by atoms with Crippen LogP contribution >= 0.6 is 0 Å². The fourth-order valence-electron chi connectivity index (χ4n) is 2.86. The Morgan fingerprint density at radius 1 is 1.04 bits per heavy atom. The van der Waals surface area contributed by atoms with E-state index in [0.29, 0.717) is 30.1 Å². The average Bonchev–Trinajstić information content (AvgIpc) is 2.89. The molecule has 1 aromatic heterocycles. The molecule has 7 heteroatoms. The van der Waals surface area contributed by atoms with Gasteiger partial charge in [-0.05, 0) is 37.6 Å². The molecule has 0 radical (unpaired) electrons. The van der Waals surface area contributed by atoms with Gasteiger partial charge in [-0.2, -0.15) is 9.57 Å². The first-order chi connectivity index (χ1) is 12.0. The second-order valence-electron chi connectivity index (χ2n) is 6.07. The zero-order valence-electron chi connectivity index (χ0n) is 14.1. The largest absolute Gasteiger partial charge is 0.355 e. The van der Waals surface area contributed by atoms with Crippen molar-refractivity contribution in [2.75, 3.05) is 31.1 Å². The topological polar surface area (TPSA) is 77.3 Å². The number of anilines is 1. The fourth-order valence-corrected chi connectivity index (χ4v) is 4.33. The van der Waals surface area contributed by atoms with Gasteiger partial charge >= 0.3 is 0 Å². The quantitative estimate of drug-likeness (QED) is 0.842. The highest BCUT2D eigenvalue weighted by molar-refractivity contribution is 7.89. The van der Waals surface area contributed by atoms with Gasteiger partial charge in [0.25, 0.3) is 0 Å². The van der Waals surface area contributed by atoms with Crippen LogP contribution in [0.15, 0.2) is 47.5 Å². The average molecular weight is 356 g/mol. The van der Waals surface area contributed by atoms with Gasteiger partial charge in [0, 0.05) is 32.4 Å². The first kappa shape index (κ1) is 17.4. The zero-order chi connectivity index (χ0) is 17.9. The van der Waals surface area contributed by atoms with E-state index >= 15 is 0 Å². The molecule has 1 fully saturated rings. The number of aromatic nitrogens is 1. The van der Waals surface area contributed by atoms with Crippen molar-refractivity contribution < 1.29 is 8.42 Å². The lowest BCUT2D eigenvalue weighted by molar-refractivity contribution is 0.433. The maximum absolute atomic E-state index is 12.8. The minimum Gasteiger partial charge on any atom is -0.355 e. The lowest BCUT2D eigenvalue weighted by Gasteiger charge is -2.22. The van der Waals surface area contributed by atoms with E-state index in [4.69, 9.17) is 5.26 Å². The highest BCUT2D eigenvalue weighted by Gasteiger charge is 2.27. The Labute approximate surface area is 148 Å². The van der Waals surface area contributed by atoms with Crippen molar-refractivity contribution in [3.05, 3.63) is 53.7 Å². The van der Waals surface area contributed by atoms with Gasteiger partial charge in [0.2, 0.25) is 10.0 Å². The summed E-state index contributed by atoms with van der Waals surface area (Å²) in [6.07, 6.45) is 2.27. The SMILES string of the molecule is Cc1ccc(S(=O)(=O)N2CCCN(c3ccc(C#N)cn3)CC2)cc1. The van der Waals surface area contributed by atoms with E-state index < -0.39 is 10.0 Å². The summed E-state index contributed by atoms with van der Waals surface area (Å²) in [5.41, 5.74) is 1.55. The van der Waals surface area contributed by atoms with Crippen LogP contribution in [-0.4, -0.2) is 43.9 Å². The number of nitrogens with zero attached hydrogens (tertiary/aromatic N) is 4. The fraction of sp³-hybridized carbons (Fsp3) is 0.333. The van der Waals surface area contributed by atoms with Crippen molar-refractivity contribution in [3.63, 3.8) is 0 Å². The minimum atomic E-state index is -3.48. The highest BCUT2D eigenvalue weighted by Crippen LogP contribution is 2.20. The third kappa shape index (κ3) is 3.81. The van der Waals surface area contributed by atoms with Gasteiger partial charge < -0.3 is 4.90 Å². The van der Waals surface area contributed by atoms with Crippen LogP contribution in [0.2, 0.25) is 0 Å². The molecule has 2 aromatic rings. The van der Waals surface area contributed by atoms with Gasteiger partial charge in [-0.3, -0.25) is 0 Å². The Bertz CT molecular complexity index is 871. The molecule has 0 N–H and O–H groups in total. The molecule has 1 aliphatic heterocycles. The second-order valence-corrected chi connectivity index (χ2v) is 8.01. The van der Waals surface area contributed by atoms with Crippen LogP contribution in [0.25, 0.3) is 0 Å². The predicted molar refractivity (Wildman–Crippen MR) is 95.7 cm³/mol. The Hall–Kier alpha value is -2.43. The molecule has 1 aromatic carbocycles. The summed E-state index contributed by atoms with van der Waals surface area (Å²) in [7, 11) is -3.48. The van der Waals surface area contributed by atoms with Crippen molar-refractivity contribution in [2.24, 2.45) is 0 Å². The lowest BCUT2D eigenvalue weighted by atomic mass is 10.2. The van der Waals surface area contributed by atoms with Gasteiger partial charge in [-0.25, -0.2) is 13.4 Å². The van der Waals surface area contributed by atoms with E-state index in [1.807, 2.05) is 31.2 Å². The van der Waals surface area contributed by atoms with Gasteiger partial charge in [-0.15, -0.1) is 0 Å². The van der Waals surface area contributed by atoms with Crippen LogP contribution in [0.5, 0.6) is 0 Å². The second kappa shape index (κ2) is 7.21. The number of hydrogen-bond acceptors (Lipinski definition) is 5. The first-order valence-electron chi connectivity index (χ1n) is 8.18. The van der Waals surface area contributed by atoms with Gasteiger partial charge in [-0.1, -0.05) is 17.7 Å². The summed E-state index contributed by atoms with van der Waals surface area (Å²) < 4.78 is 27.2. The van der Waals surface area contributed by atoms with Gasteiger partial charge in [0.05, 0.1) is 10.5 Å². The molecule has 0 bridgehead atoms. The summed E-state index contributed by atoms with van der Waals surface area (Å²) in [5, 5.41) is 8.86. The van der Waals surface area contributed by atoms with Crippen LogP contribution in [0.3, 0.4) is 0 Å². The number of sulfonamides is 1. The van der Waals surface area contributed by atoms with Crippen LogP contribution in [0.4, 0.5) is 5.82 Å².